The Morgan fingerprint density at radius 1 is 1.23 bits per heavy atom. The first kappa shape index (κ1) is 22.4. The first-order valence-electron chi connectivity index (χ1n) is 6.73. The van der Waals surface area contributed by atoms with Gasteiger partial charge in [-0.15, -0.1) is 0 Å². The number of nitrogens with zero attached hydrogens (tertiary/aromatic N) is 1. The third-order valence-electron chi connectivity index (χ3n) is 3.20. The van der Waals surface area contributed by atoms with Crippen LogP contribution < -0.4 is 39.0 Å². The summed E-state index contributed by atoms with van der Waals surface area (Å²) in [6.45, 7) is 0. The normalized spacial score (nSPS) is 10.9. The van der Waals surface area contributed by atoms with Gasteiger partial charge in [-0.05, 0) is 29.3 Å². The monoisotopic (exact) mass is 396 g/mol. The van der Waals surface area contributed by atoms with Gasteiger partial charge in [0, 0.05) is 25.2 Å². The van der Waals surface area contributed by atoms with Gasteiger partial charge in [0.2, 0.25) is 0 Å². The van der Waals surface area contributed by atoms with E-state index in [2.05, 4.69) is 4.98 Å². The van der Waals surface area contributed by atoms with Gasteiger partial charge in [0.05, 0.1) is 5.91 Å². The molecule has 0 bridgehead atoms. The predicted octanol–water partition coefficient (Wildman–Crippen LogP) is -0.838. The molecule has 0 aliphatic rings. The topological polar surface area (TPSA) is 112 Å². The van der Waals surface area contributed by atoms with Gasteiger partial charge in [0.25, 0.3) is 10.2 Å². The summed E-state index contributed by atoms with van der Waals surface area (Å²) < 4.78 is 68.0. The van der Waals surface area contributed by atoms with Gasteiger partial charge in [0.1, 0.15) is 0 Å². The Kier molecular flexibility index (Phi) is 7.59. The van der Waals surface area contributed by atoms with Crippen molar-refractivity contribution < 1.29 is 55.9 Å². The van der Waals surface area contributed by atoms with Crippen LogP contribution in [0.3, 0.4) is 0 Å². The summed E-state index contributed by atoms with van der Waals surface area (Å²) >= 11 is 0. The largest absolute Gasteiger partial charge is 1.00 e. The predicted molar refractivity (Wildman–Crippen MR) is 83.6 cm³/mol. The zero-order valence-corrected chi connectivity index (χ0v) is 16.5. The fraction of sp³-hybridized carbons (Fsp3) is 0.143. The average Bonchev–Trinajstić information content (AvgIpc) is 2.54. The molecular formula is C14H12F3N4NaO3S. The maximum atomic E-state index is 14.4. The van der Waals surface area contributed by atoms with Gasteiger partial charge < -0.3 is 10.5 Å². The van der Waals surface area contributed by atoms with Gasteiger partial charge >= 0.3 is 29.6 Å². The van der Waals surface area contributed by atoms with E-state index in [1.165, 1.54) is 6.07 Å². The number of hydrogen-bond donors (Lipinski definition) is 2. The summed E-state index contributed by atoms with van der Waals surface area (Å²) in [4.78, 5) is 14.6. The number of benzene rings is 1. The zero-order chi connectivity index (χ0) is 18.8. The molecule has 0 fully saturated rings. The van der Waals surface area contributed by atoms with Gasteiger partial charge in [-0.1, -0.05) is 0 Å². The van der Waals surface area contributed by atoms with Crippen LogP contribution in [0.2, 0.25) is 0 Å². The smallest absolute Gasteiger partial charge is 0.663 e. The molecule has 1 aromatic carbocycles. The Balaban J connectivity index is 0.00000338. The van der Waals surface area contributed by atoms with Gasteiger partial charge in [0.15, 0.2) is 23.3 Å². The molecule has 1 heterocycles. The van der Waals surface area contributed by atoms with Crippen molar-refractivity contribution in [1.29, 1.82) is 0 Å². The minimum Gasteiger partial charge on any atom is -0.663 e. The molecule has 1 amide bonds. The maximum Gasteiger partial charge on any atom is 1.00 e. The minimum absolute atomic E-state index is 0. The van der Waals surface area contributed by atoms with Crippen LogP contribution in [-0.2, 0) is 16.6 Å². The van der Waals surface area contributed by atoms with E-state index in [9.17, 15) is 26.4 Å². The van der Waals surface area contributed by atoms with Crippen LogP contribution in [0.25, 0.3) is 5.73 Å². The second-order valence-corrected chi connectivity index (χ2v) is 6.51. The molecule has 0 saturated heterocycles. The van der Waals surface area contributed by atoms with Crippen LogP contribution in [0.4, 0.5) is 19.0 Å². The first-order valence-corrected chi connectivity index (χ1v) is 8.21. The number of rotatable bonds is 6. The summed E-state index contributed by atoms with van der Waals surface area (Å²) in [5.41, 5.74) is 6.10. The van der Waals surface area contributed by atoms with Crippen LogP contribution in [0.5, 0.6) is 0 Å². The van der Waals surface area contributed by atoms with E-state index < -0.39 is 44.9 Å². The number of anilines is 1. The van der Waals surface area contributed by atoms with Gasteiger partial charge in [-0.25, -0.2) is 22.9 Å². The van der Waals surface area contributed by atoms with Crippen LogP contribution in [0, 0.1) is 17.5 Å². The molecule has 0 unspecified atom stereocenters. The molecule has 12 heteroatoms. The van der Waals surface area contributed by atoms with E-state index in [0.29, 0.717) is 0 Å². The summed E-state index contributed by atoms with van der Waals surface area (Å²) in [7, 11) is -2.88. The molecule has 3 N–H and O–H groups in total. The standard InChI is InChI=1S/C14H13F3N4O3S.Na/c1-19-25(23,24)21-14-11(16)8(2-3-20-14)4-7-5-9(13(18)22)12(17)10(15)6-7;/h2-3,5-6,19H,4H2,1H3,(H3,18,20,21,22);/q;+1/p-1. The number of aromatic nitrogens is 1. The van der Waals surface area contributed by atoms with E-state index in [-0.39, 0.29) is 47.1 Å². The molecule has 7 nitrogen and oxygen atoms in total. The number of amides is 1. The van der Waals surface area contributed by atoms with Crippen molar-refractivity contribution in [3.8, 4) is 0 Å². The number of pyridine rings is 1. The van der Waals surface area contributed by atoms with Crippen molar-refractivity contribution in [3.63, 3.8) is 0 Å². The second-order valence-electron chi connectivity index (χ2n) is 4.89. The molecule has 0 saturated carbocycles. The molecular weight excluding hydrogens is 384 g/mol. The Hall–Kier alpha value is -1.66. The molecule has 0 atom stereocenters. The molecule has 0 aliphatic heterocycles. The SMILES string of the molecule is CNS(=O)(=O)Nc1nccc(Cc2cc(F)c(F)c(C([NH-])=O)c2)c1F.[Na+]. The van der Waals surface area contributed by atoms with E-state index >= 15 is 0 Å². The quantitative estimate of drug-likeness (QED) is 0.621. The molecule has 0 radical (unpaired) electrons. The molecule has 1 aromatic heterocycles. The molecule has 134 valence electrons. The van der Waals surface area contributed by atoms with Crippen molar-refractivity contribution in [2.75, 3.05) is 11.8 Å². The average molecular weight is 396 g/mol. The number of carbonyl (C=O) groups is 1. The minimum atomic E-state index is -4.00. The third kappa shape index (κ3) is 5.17. The molecule has 26 heavy (non-hydrogen) atoms. The molecule has 0 aliphatic carbocycles. The van der Waals surface area contributed by atoms with Crippen LogP contribution >= 0.6 is 0 Å². The second kappa shape index (κ2) is 8.82. The maximum absolute atomic E-state index is 14.4. The fourth-order valence-corrected chi connectivity index (χ4v) is 2.50. The van der Waals surface area contributed by atoms with Crippen molar-refractivity contribution in [1.82, 2.24) is 9.71 Å². The van der Waals surface area contributed by atoms with Crippen LogP contribution in [-0.4, -0.2) is 26.4 Å². The fourth-order valence-electron chi connectivity index (χ4n) is 2.00. The van der Waals surface area contributed by atoms with E-state index in [1.807, 2.05) is 9.44 Å². The third-order valence-corrected chi connectivity index (χ3v) is 4.20. The Bertz CT molecular complexity index is 941. The number of nitrogens with one attached hydrogen (secondary N) is 3. The van der Waals surface area contributed by atoms with Gasteiger partial charge in [-0.2, -0.15) is 8.42 Å². The van der Waals surface area contributed by atoms with E-state index in [0.717, 1.165) is 25.4 Å². The van der Waals surface area contributed by atoms with Crippen molar-refractivity contribution in [3.05, 3.63) is 64.3 Å². The van der Waals surface area contributed by atoms with Crippen molar-refractivity contribution in [2.24, 2.45) is 0 Å². The zero-order valence-electron chi connectivity index (χ0n) is 13.7. The summed E-state index contributed by atoms with van der Waals surface area (Å²) in [5.74, 6) is -5.81. The Morgan fingerprint density at radius 3 is 2.46 bits per heavy atom. The molecule has 0 spiro atoms. The summed E-state index contributed by atoms with van der Waals surface area (Å²) in [5, 5.41) is 0. The molecule has 2 rings (SSSR count). The Labute approximate surface area is 169 Å². The van der Waals surface area contributed by atoms with Crippen molar-refractivity contribution in [2.45, 2.75) is 6.42 Å². The number of halogens is 3. The summed E-state index contributed by atoms with van der Waals surface area (Å²) in [6.07, 6.45) is 0.850. The van der Waals surface area contributed by atoms with E-state index in [1.54, 1.807) is 0 Å². The summed E-state index contributed by atoms with van der Waals surface area (Å²) in [6, 6.07) is 2.92. The van der Waals surface area contributed by atoms with Gasteiger partial charge in [-0.3, -0.25) is 4.72 Å². The Morgan fingerprint density at radius 2 is 1.88 bits per heavy atom. The van der Waals surface area contributed by atoms with Crippen LogP contribution in [0.1, 0.15) is 21.5 Å². The van der Waals surface area contributed by atoms with Crippen LogP contribution in [0.15, 0.2) is 24.4 Å². The number of carbonyl (C=O) groups excluding carboxylic acids is 1. The molecule has 2 aromatic rings. The van der Waals surface area contributed by atoms with E-state index in [4.69, 9.17) is 5.73 Å². The number of hydrogen-bond acceptors (Lipinski definition) is 4. The van der Waals surface area contributed by atoms with Crippen molar-refractivity contribution >= 4 is 21.9 Å². The first-order chi connectivity index (χ1) is 11.6.